The molecule has 0 saturated carbocycles. The van der Waals surface area contributed by atoms with E-state index < -0.39 is 5.82 Å². The van der Waals surface area contributed by atoms with Gasteiger partial charge in [0.05, 0.1) is 4.88 Å². The summed E-state index contributed by atoms with van der Waals surface area (Å²) in [6, 6.07) is 8.26. The highest BCUT2D eigenvalue weighted by atomic mass is 35.5. The predicted molar refractivity (Wildman–Crippen MR) is 93.8 cm³/mol. The van der Waals surface area contributed by atoms with Crippen LogP contribution < -0.4 is 0 Å². The molecule has 0 atom stereocenters. The van der Waals surface area contributed by atoms with Crippen LogP contribution in [0.3, 0.4) is 0 Å². The molecule has 0 aliphatic rings. The van der Waals surface area contributed by atoms with Crippen molar-refractivity contribution in [3.8, 4) is 10.7 Å². The smallest absolute Gasteiger partial charge is 0.227 e. The number of halogens is 2. The van der Waals surface area contributed by atoms with Gasteiger partial charge in [-0.3, -0.25) is 4.79 Å². The Balaban J connectivity index is 1.57. The number of hydrogen-bond acceptors (Lipinski definition) is 5. The number of carbonyl (C=O) groups is 1. The summed E-state index contributed by atoms with van der Waals surface area (Å²) in [5, 5.41) is 6.14. The second-order valence-corrected chi connectivity index (χ2v) is 6.79. The lowest BCUT2D eigenvalue weighted by Crippen LogP contribution is -2.27. The molecule has 0 bridgehead atoms. The molecule has 3 rings (SSSR count). The van der Waals surface area contributed by atoms with Gasteiger partial charge in [0, 0.05) is 37.0 Å². The molecule has 0 aliphatic carbocycles. The Morgan fingerprint density at radius 3 is 2.92 bits per heavy atom. The van der Waals surface area contributed by atoms with Crippen molar-refractivity contribution in [2.45, 2.75) is 19.4 Å². The number of thiophene rings is 1. The Kier molecular flexibility index (Phi) is 5.45. The van der Waals surface area contributed by atoms with Gasteiger partial charge in [0.1, 0.15) is 5.82 Å². The largest absolute Gasteiger partial charge is 0.341 e. The lowest BCUT2D eigenvalue weighted by molar-refractivity contribution is -0.130. The molecule has 25 heavy (non-hydrogen) atoms. The van der Waals surface area contributed by atoms with Crippen molar-refractivity contribution in [3.05, 3.63) is 58.0 Å². The maximum atomic E-state index is 13.8. The molecule has 2 aromatic heterocycles. The summed E-state index contributed by atoms with van der Waals surface area (Å²) in [5.41, 5.74) is 0.304. The average molecular weight is 380 g/mol. The van der Waals surface area contributed by atoms with E-state index in [0.717, 1.165) is 4.88 Å². The number of nitrogens with zero attached hydrogens (tertiary/aromatic N) is 3. The molecule has 0 N–H and O–H groups in total. The van der Waals surface area contributed by atoms with Crippen molar-refractivity contribution >= 4 is 28.8 Å². The zero-order valence-corrected chi connectivity index (χ0v) is 15.0. The van der Waals surface area contributed by atoms with Gasteiger partial charge in [0.2, 0.25) is 17.6 Å². The quantitative estimate of drug-likeness (QED) is 0.644. The minimum Gasteiger partial charge on any atom is -0.341 e. The van der Waals surface area contributed by atoms with Crippen LogP contribution in [0, 0.1) is 5.82 Å². The number of aromatic nitrogens is 2. The van der Waals surface area contributed by atoms with Gasteiger partial charge in [-0.05, 0) is 23.6 Å². The summed E-state index contributed by atoms with van der Waals surface area (Å²) in [6.45, 7) is 0.106. The van der Waals surface area contributed by atoms with Gasteiger partial charge in [-0.25, -0.2) is 4.39 Å². The van der Waals surface area contributed by atoms with Crippen molar-refractivity contribution in [2.24, 2.45) is 0 Å². The third kappa shape index (κ3) is 4.24. The van der Waals surface area contributed by atoms with Crippen LogP contribution in [0.25, 0.3) is 10.7 Å². The van der Waals surface area contributed by atoms with Gasteiger partial charge in [-0.2, -0.15) is 4.98 Å². The van der Waals surface area contributed by atoms with Crippen molar-refractivity contribution < 1.29 is 13.7 Å². The van der Waals surface area contributed by atoms with Crippen LogP contribution in [-0.2, 0) is 17.8 Å². The molecule has 0 saturated heterocycles. The monoisotopic (exact) mass is 379 g/mol. The maximum absolute atomic E-state index is 13.8. The Morgan fingerprint density at radius 2 is 2.20 bits per heavy atom. The third-order valence-corrected chi connectivity index (χ3v) is 4.87. The SMILES string of the molecule is CN(Cc1c(F)cccc1Cl)C(=O)CCc1nc(-c2cccs2)no1. The van der Waals surface area contributed by atoms with Gasteiger partial charge in [-0.1, -0.05) is 28.9 Å². The van der Waals surface area contributed by atoms with Crippen LogP contribution in [0.1, 0.15) is 17.9 Å². The summed E-state index contributed by atoms with van der Waals surface area (Å²) >= 11 is 7.51. The fraction of sp³-hybridized carbons (Fsp3) is 0.235. The van der Waals surface area contributed by atoms with Gasteiger partial charge in [0.25, 0.3) is 0 Å². The van der Waals surface area contributed by atoms with E-state index in [0.29, 0.717) is 28.7 Å². The van der Waals surface area contributed by atoms with Crippen LogP contribution in [-0.4, -0.2) is 28.0 Å². The minimum absolute atomic E-state index is 0.106. The summed E-state index contributed by atoms with van der Waals surface area (Å²) < 4.78 is 19.0. The highest BCUT2D eigenvalue weighted by molar-refractivity contribution is 7.13. The van der Waals surface area contributed by atoms with E-state index in [4.69, 9.17) is 16.1 Å². The molecule has 5 nitrogen and oxygen atoms in total. The van der Waals surface area contributed by atoms with E-state index in [2.05, 4.69) is 10.1 Å². The molecule has 0 fully saturated rings. The topological polar surface area (TPSA) is 59.2 Å². The van der Waals surface area contributed by atoms with E-state index in [1.807, 2.05) is 17.5 Å². The molecule has 1 amide bonds. The highest BCUT2D eigenvalue weighted by Gasteiger charge is 2.16. The van der Waals surface area contributed by atoms with Crippen molar-refractivity contribution in [3.63, 3.8) is 0 Å². The fourth-order valence-electron chi connectivity index (χ4n) is 2.28. The molecule has 0 spiro atoms. The Hall–Kier alpha value is -2.25. The first-order valence-corrected chi connectivity index (χ1v) is 8.83. The minimum atomic E-state index is -0.426. The van der Waals surface area contributed by atoms with E-state index in [9.17, 15) is 9.18 Å². The van der Waals surface area contributed by atoms with Gasteiger partial charge in [-0.15, -0.1) is 11.3 Å². The summed E-state index contributed by atoms with van der Waals surface area (Å²) in [6.07, 6.45) is 0.515. The summed E-state index contributed by atoms with van der Waals surface area (Å²) in [7, 11) is 1.61. The molecule has 1 aromatic carbocycles. The summed E-state index contributed by atoms with van der Waals surface area (Å²) in [4.78, 5) is 18.9. The van der Waals surface area contributed by atoms with Crippen LogP contribution in [0.4, 0.5) is 4.39 Å². The Labute approximate surface area is 153 Å². The number of amides is 1. The van der Waals surface area contributed by atoms with E-state index in [1.165, 1.54) is 28.4 Å². The normalized spacial score (nSPS) is 10.8. The van der Waals surface area contributed by atoms with Crippen LogP contribution >= 0.6 is 22.9 Å². The molecular formula is C17H15ClFN3O2S. The third-order valence-electron chi connectivity index (χ3n) is 3.65. The number of carbonyl (C=O) groups excluding carboxylic acids is 1. The fourth-order valence-corrected chi connectivity index (χ4v) is 3.15. The van der Waals surface area contributed by atoms with Gasteiger partial charge in [0.15, 0.2) is 0 Å². The molecule has 3 aromatic rings. The molecule has 0 unspecified atom stereocenters. The predicted octanol–water partition coefficient (Wildman–Crippen LogP) is 4.18. The average Bonchev–Trinajstić information content (AvgIpc) is 3.26. The first-order valence-electron chi connectivity index (χ1n) is 7.58. The highest BCUT2D eigenvalue weighted by Crippen LogP contribution is 2.22. The molecule has 0 radical (unpaired) electrons. The van der Waals surface area contributed by atoms with Crippen molar-refractivity contribution in [1.82, 2.24) is 15.0 Å². The molecule has 2 heterocycles. The number of benzene rings is 1. The zero-order valence-electron chi connectivity index (χ0n) is 13.4. The van der Waals surface area contributed by atoms with Crippen LogP contribution in [0.2, 0.25) is 5.02 Å². The first-order chi connectivity index (χ1) is 12.0. The number of aryl methyl sites for hydroxylation is 1. The number of rotatable bonds is 6. The van der Waals surface area contributed by atoms with Crippen molar-refractivity contribution in [2.75, 3.05) is 7.05 Å². The maximum Gasteiger partial charge on any atom is 0.227 e. The van der Waals surface area contributed by atoms with Crippen molar-refractivity contribution in [1.29, 1.82) is 0 Å². The molecule has 8 heteroatoms. The van der Waals surface area contributed by atoms with Gasteiger partial charge >= 0.3 is 0 Å². The van der Waals surface area contributed by atoms with Gasteiger partial charge < -0.3 is 9.42 Å². The molecular weight excluding hydrogens is 365 g/mol. The first kappa shape index (κ1) is 17.6. The van der Waals surface area contributed by atoms with E-state index >= 15 is 0 Å². The Bertz CT molecular complexity index is 846. The van der Waals surface area contributed by atoms with Crippen LogP contribution in [0.5, 0.6) is 0 Å². The second kappa shape index (κ2) is 7.76. The van der Waals surface area contributed by atoms with E-state index in [-0.39, 0.29) is 18.9 Å². The lowest BCUT2D eigenvalue weighted by Gasteiger charge is -2.18. The van der Waals surface area contributed by atoms with E-state index in [1.54, 1.807) is 13.1 Å². The lowest BCUT2D eigenvalue weighted by atomic mass is 10.2. The Morgan fingerprint density at radius 1 is 1.36 bits per heavy atom. The zero-order chi connectivity index (χ0) is 17.8. The number of hydrogen-bond donors (Lipinski definition) is 0. The molecule has 0 aliphatic heterocycles. The molecule has 130 valence electrons. The second-order valence-electron chi connectivity index (χ2n) is 5.44. The van der Waals surface area contributed by atoms with Crippen LogP contribution in [0.15, 0.2) is 40.2 Å². The summed E-state index contributed by atoms with van der Waals surface area (Å²) in [5.74, 6) is 0.331. The standard InChI is InChI=1S/C17H15ClFN3O2S/c1-22(10-11-12(18)4-2-5-13(11)19)16(23)8-7-15-20-17(21-24-15)14-6-3-9-25-14/h2-6,9H,7-8,10H2,1H3.